The van der Waals surface area contributed by atoms with E-state index >= 15 is 0 Å². The fourth-order valence-electron chi connectivity index (χ4n) is 0.705. The van der Waals surface area contributed by atoms with E-state index < -0.39 is 5.91 Å². The number of nitrogen functional groups attached to an aromatic ring is 1. The minimum absolute atomic E-state index is 0.0850. The number of hydrogen-bond acceptors (Lipinski definition) is 5. The van der Waals surface area contributed by atoms with Crippen molar-refractivity contribution in [2.75, 3.05) is 18.1 Å². The maximum atomic E-state index is 10.7. The van der Waals surface area contributed by atoms with Crippen LogP contribution in [0.3, 0.4) is 0 Å². The molecule has 0 fully saturated rings. The molecule has 12 heavy (non-hydrogen) atoms. The van der Waals surface area contributed by atoms with Gasteiger partial charge in [-0.1, -0.05) is 0 Å². The summed E-state index contributed by atoms with van der Waals surface area (Å²) in [5, 5.41) is 2.68. The van der Waals surface area contributed by atoms with Crippen LogP contribution in [0.5, 0.6) is 0 Å². The molecule has 0 unspecified atom stereocenters. The van der Waals surface area contributed by atoms with E-state index in [1.54, 1.807) is 7.05 Å². The second-order valence-corrected chi connectivity index (χ2v) is 2.11. The van der Waals surface area contributed by atoms with Crippen molar-refractivity contribution in [2.45, 2.75) is 0 Å². The molecule has 1 rings (SSSR count). The standard InChI is InChI=1S/C6H9N5O/c1-9-6-10-2-3(5(8)12)4(7)11-6/h2H,1H3,(H2,8,12)(H3,7,9,10,11). The molecule has 0 saturated heterocycles. The maximum absolute atomic E-state index is 10.7. The zero-order valence-electron chi connectivity index (χ0n) is 6.53. The average Bonchev–Trinajstić information content (AvgIpc) is 2.03. The van der Waals surface area contributed by atoms with Gasteiger partial charge in [-0.25, -0.2) is 4.98 Å². The molecule has 1 aromatic heterocycles. The van der Waals surface area contributed by atoms with Crippen LogP contribution in [0.2, 0.25) is 0 Å². The van der Waals surface area contributed by atoms with Crippen molar-refractivity contribution >= 4 is 17.7 Å². The van der Waals surface area contributed by atoms with E-state index in [2.05, 4.69) is 15.3 Å². The molecule has 0 saturated carbocycles. The molecule has 5 N–H and O–H groups in total. The van der Waals surface area contributed by atoms with Gasteiger partial charge in [0.05, 0.1) is 5.56 Å². The van der Waals surface area contributed by atoms with Gasteiger partial charge < -0.3 is 16.8 Å². The Morgan fingerprint density at radius 1 is 1.67 bits per heavy atom. The minimum atomic E-state index is -0.629. The van der Waals surface area contributed by atoms with Crippen LogP contribution in [0.15, 0.2) is 6.20 Å². The van der Waals surface area contributed by atoms with E-state index in [9.17, 15) is 4.79 Å². The summed E-state index contributed by atoms with van der Waals surface area (Å²) in [6, 6.07) is 0. The molecule has 0 radical (unpaired) electrons. The Hall–Kier alpha value is -1.85. The van der Waals surface area contributed by atoms with Crippen molar-refractivity contribution < 1.29 is 4.79 Å². The van der Waals surface area contributed by atoms with Gasteiger partial charge in [-0.3, -0.25) is 4.79 Å². The highest BCUT2D eigenvalue weighted by Gasteiger charge is 2.07. The van der Waals surface area contributed by atoms with Crippen LogP contribution in [0, 0.1) is 0 Å². The van der Waals surface area contributed by atoms with E-state index in [1.807, 2.05) is 0 Å². The molecule has 1 amide bonds. The van der Waals surface area contributed by atoms with Gasteiger partial charge in [-0.15, -0.1) is 0 Å². The summed E-state index contributed by atoms with van der Waals surface area (Å²) in [5.74, 6) is -0.186. The largest absolute Gasteiger partial charge is 0.383 e. The van der Waals surface area contributed by atoms with E-state index in [0.29, 0.717) is 5.95 Å². The number of hydrogen-bond donors (Lipinski definition) is 3. The monoisotopic (exact) mass is 167 g/mol. The first-order valence-corrected chi connectivity index (χ1v) is 3.25. The van der Waals surface area contributed by atoms with Gasteiger partial charge in [0.15, 0.2) is 0 Å². The van der Waals surface area contributed by atoms with Crippen LogP contribution in [0.1, 0.15) is 10.4 Å². The van der Waals surface area contributed by atoms with E-state index in [0.717, 1.165) is 0 Å². The topological polar surface area (TPSA) is 107 Å². The van der Waals surface area contributed by atoms with Gasteiger partial charge in [0.2, 0.25) is 5.95 Å². The first kappa shape index (κ1) is 8.25. The number of carbonyl (C=O) groups is 1. The molecule has 1 heterocycles. The second-order valence-electron chi connectivity index (χ2n) is 2.11. The van der Waals surface area contributed by atoms with Gasteiger partial charge in [0, 0.05) is 13.2 Å². The predicted octanol–water partition coefficient (Wildman–Crippen LogP) is -0.801. The molecule has 1 aromatic rings. The molecule has 0 aliphatic heterocycles. The number of carbonyl (C=O) groups excluding carboxylic acids is 1. The van der Waals surface area contributed by atoms with Gasteiger partial charge >= 0.3 is 0 Å². The van der Waals surface area contributed by atoms with Crippen LogP contribution in [0.25, 0.3) is 0 Å². The normalized spacial score (nSPS) is 9.42. The Bertz CT molecular complexity index is 311. The Kier molecular flexibility index (Phi) is 2.09. The summed E-state index contributed by atoms with van der Waals surface area (Å²) in [5.41, 5.74) is 10.5. The number of nitrogens with one attached hydrogen (secondary N) is 1. The summed E-state index contributed by atoms with van der Waals surface area (Å²) < 4.78 is 0. The summed E-state index contributed by atoms with van der Waals surface area (Å²) in [6.07, 6.45) is 1.29. The van der Waals surface area contributed by atoms with Gasteiger partial charge in [0.25, 0.3) is 5.91 Å². The minimum Gasteiger partial charge on any atom is -0.383 e. The highest BCUT2D eigenvalue weighted by Crippen LogP contribution is 2.07. The quantitative estimate of drug-likeness (QED) is 0.534. The highest BCUT2D eigenvalue weighted by molar-refractivity contribution is 5.96. The second kappa shape index (κ2) is 3.04. The van der Waals surface area contributed by atoms with E-state index in [1.165, 1.54) is 6.20 Å². The number of nitrogens with two attached hydrogens (primary N) is 2. The average molecular weight is 167 g/mol. The molecule has 6 heteroatoms. The van der Waals surface area contributed by atoms with Gasteiger partial charge in [-0.05, 0) is 0 Å². The Labute approximate surface area is 69.0 Å². The Morgan fingerprint density at radius 2 is 2.33 bits per heavy atom. The van der Waals surface area contributed by atoms with Crippen LogP contribution in [-0.2, 0) is 0 Å². The molecule has 64 valence electrons. The fraction of sp³-hybridized carbons (Fsp3) is 0.167. The molecule has 6 nitrogen and oxygen atoms in total. The molecule has 0 bridgehead atoms. The van der Waals surface area contributed by atoms with Crippen molar-refractivity contribution in [3.8, 4) is 0 Å². The van der Waals surface area contributed by atoms with Gasteiger partial charge in [-0.2, -0.15) is 4.98 Å². The third-order valence-corrected chi connectivity index (χ3v) is 1.31. The number of aromatic nitrogens is 2. The number of amides is 1. The SMILES string of the molecule is CNc1ncc(C(N)=O)c(N)n1. The lowest BCUT2D eigenvalue weighted by Gasteiger charge is -2.01. The highest BCUT2D eigenvalue weighted by atomic mass is 16.1. The lowest BCUT2D eigenvalue weighted by Crippen LogP contribution is -2.15. The molecule has 0 aliphatic rings. The third kappa shape index (κ3) is 1.42. The molecular formula is C6H9N5O. The predicted molar refractivity (Wildman–Crippen MR) is 44.5 cm³/mol. The summed E-state index contributed by atoms with van der Waals surface area (Å²) in [4.78, 5) is 18.2. The van der Waals surface area contributed by atoms with Crippen molar-refractivity contribution in [2.24, 2.45) is 5.73 Å². The van der Waals surface area contributed by atoms with Crippen LogP contribution in [0.4, 0.5) is 11.8 Å². The maximum Gasteiger partial charge on any atom is 0.254 e. The van der Waals surface area contributed by atoms with Crippen molar-refractivity contribution in [1.82, 2.24) is 9.97 Å². The smallest absolute Gasteiger partial charge is 0.254 e. The number of nitrogens with zero attached hydrogens (tertiary/aromatic N) is 2. The summed E-state index contributed by atoms with van der Waals surface area (Å²) >= 11 is 0. The Morgan fingerprint density at radius 3 is 2.75 bits per heavy atom. The van der Waals surface area contributed by atoms with Crippen molar-refractivity contribution in [3.63, 3.8) is 0 Å². The van der Waals surface area contributed by atoms with Crippen molar-refractivity contribution in [3.05, 3.63) is 11.8 Å². The number of anilines is 2. The lowest BCUT2D eigenvalue weighted by molar-refractivity contribution is 0.100. The van der Waals surface area contributed by atoms with Crippen molar-refractivity contribution in [1.29, 1.82) is 0 Å². The van der Waals surface area contributed by atoms with Gasteiger partial charge in [0.1, 0.15) is 5.82 Å². The fourth-order valence-corrected chi connectivity index (χ4v) is 0.705. The van der Waals surface area contributed by atoms with Crippen LogP contribution in [-0.4, -0.2) is 22.9 Å². The third-order valence-electron chi connectivity index (χ3n) is 1.31. The number of primary amides is 1. The number of rotatable bonds is 2. The van der Waals surface area contributed by atoms with E-state index in [-0.39, 0.29) is 11.4 Å². The molecule has 0 aliphatic carbocycles. The zero-order chi connectivity index (χ0) is 9.14. The first-order chi connectivity index (χ1) is 5.65. The molecule has 0 spiro atoms. The summed E-state index contributed by atoms with van der Waals surface area (Å²) in [6.45, 7) is 0. The van der Waals surface area contributed by atoms with Crippen LogP contribution < -0.4 is 16.8 Å². The molecular weight excluding hydrogens is 158 g/mol. The molecule has 0 aromatic carbocycles. The zero-order valence-corrected chi connectivity index (χ0v) is 6.53. The summed E-state index contributed by atoms with van der Waals surface area (Å²) in [7, 11) is 1.65. The Balaban J connectivity index is 3.12. The molecule has 0 atom stereocenters. The lowest BCUT2D eigenvalue weighted by atomic mass is 10.3. The van der Waals surface area contributed by atoms with Crippen LogP contribution >= 0.6 is 0 Å². The first-order valence-electron chi connectivity index (χ1n) is 3.25. The van der Waals surface area contributed by atoms with E-state index in [4.69, 9.17) is 11.5 Å².